The molecule has 1 aliphatic rings. The quantitative estimate of drug-likeness (QED) is 0.748. The molecule has 1 heteroatoms. The summed E-state index contributed by atoms with van der Waals surface area (Å²) in [6.07, 6.45) is 5.37. The summed E-state index contributed by atoms with van der Waals surface area (Å²) < 4.78 is 0. The van der Waals surface area contributed by atoms with Gasteiger partial charge in [-0.2, -0.15) is 0 Å². The second kappa shape index (κ2) is 4.50. The molecule has 0 atom stereocenters. The molecule has 0 bridgehead atoms. The Morgan fingerprint density at radius 2 is 2.07 bits per heavy atom. The highest BCUT2D eigenvalue weighted by atomic mass is 14.9. The van der Waals surface area contributed by atoms with E-state index in [0.29, 0.717) is 0 Å². The summed E-state index contributed by atoms with van der Waals surface area (Å²) in [5.74, 6) is 1.02. The summed E-state index contributed by atoms with van der Waals surface area (Å²) in [6.45, 7) is 3.35. The van der Waals surface area contributed by atoms with Crippen molar-refractivity contribution >= 4 is 5.69 Å². The molecule has 0 unspecified atom stereocenters. The van der Waals surface area contributed by atoms with E-state index >= 15 is 0 Å². The molecule has 1 aliphatic carbocycles. The van der Waals surface area contributed by atoms with Gasteiger partial charge in [0, 0.05) is 12.2 Å². The number of para-hydroxylation sites is 1. The highest BCUT2D eigenvalue weighted by molar-refractivity contribution is 5.50. The fourth-order valence-corrected chi connectivity index (χ4v) is 1.82. The van der Waals surface area contributed by atoms with Crippen LogP contribution in [0.15, 0.2) is 24.3 Å². The van der Waals surface area contributed by atoms with Crippen LogP contribution in [0.2, 0.25) is 0 Å². The lowest BCUT2D eigenvalue weighted by atomic mass is 10.1. The molecule has 0 heterocycles. The fourth-order valence-electron chi connectivity index (χ4n) is 1.82. The summed E-state index contributed by atoms with van der Waals surface area (Å²) >= 11 is 0. The first-order chi connectivity index (χ1) is 6.90. The van der Waals surface area contributed by atoms with E-state index in [0.717, 1.165) is 18.9 Å². The van der Waals surface area contributed by atoms with Crippen LogP contribution in [0.1, 0.15) is 31.7 Å². The smallest absolute Gasteiger partial charge is 0.0372 e. The Labute approximate surface area is 86.5 Å². The molecular formula is C13H19N. The minimum Gasteiger partial charge on any atom is -0.385 e. The predicted molar refractivity (Wildman–Crippen MR) is 61.7 cm³/mol. The molecule has 0 saturated heterocycles. The Kier molecular flexibility index (Phi) is 3.07. The van der Waals surface area contributed by atoms with E-state index in [2.05, 4.69) is 36.5 Å². The van der Waals surface area contributed by atoms with Crippen molar-refractivity contribution in [3.05, 3.63) is 29.8 Å². The number of hydrogen-bond donors (Lipinski definition) is 1. The number of rotatable bonds is 5. The van der Waals surface area contributed by atoms with Crippen molar-refractivity contribution in [3.8, 4) is 0 Å². The lowest BCUT2D eigenvalue weighted by Crippen LogP contribution is -2.04. The second-order valence-electron chi connectivity index (χ2n) is 4.17. The Balaban J connectivity index is 1.86. The molecule has 1 nitrogen and oxygen atoms in total. The van der Waals surface area contributed by atoms with E-state index < -0.39 is 0 Å². The molecule has 1 fully saturated rings. The monoisotopic (exact) mass is 189 g/mol. The van der Waals surface area contributed by atoms with Crippen LogP contribution in [-0.2, 0) is 6.42 Å². The Morgan fingerprint density at radius 1 is 1.29 bits per heavy atom. The maximum atomic E-state index is 3.54. The summed E-state index contributed by atoms with van der Waals surface area (Å²) in [4.78, 5) is 0. The maximum Gasteiger partial charge on any atom is 0.0372 e. The van der Waals surface area contributed by atoms with Crippen molar-refractivity contribution in [1.82, 2.24) is 0 Å². The molecule has 2 rings (SSSR count). The third kappa shape index (κ3) is 2.50. The average molecular weight is 189 g/mol. The van der Waals surface area contributed by atoms with E-state index in [-0.39, 0.29) is 0 Å². The molecule has 0 radical (unpaired) electrons. The molecule has 1 aromatic rings. The van der Waals surface area contributed by atoms with Crippen molar-refractivity contribution in [2.45, 2.75) is 32.6 Å². The first-order valence-corrected chi connectivity index (χ1v) is 5.72. The molecule has 1 saturated carbocycles. The number of anilines is 1. The third-order valence-corrected chi connectivity index (χ3v) is 2.96. The molecule has 0 aromatic heterocycles. The van der Waals surface area contributed by atoms with Gasteiger partial charge in [-0.3, -0.25) is 0 Å². The van der Waals surface area contributed by atoms with Crippen molar-refractivity contribution in [2.24, 2.45) is 5.92 Å². The van der Waals surface area contributed by atoms with Gasteiger partial charge in [-0.25, -0.2) is 0 Å². The minimum absolute atomic E-state index is 1.02. The van der Waals surface area contributed by atoms with Crippen LogP contribution in [0.25, 0.3) is 0 Å². The van der Waals surface area contributed by atoms with Gasteiger partial charge in [0.2, 0.25) is 0 Å². The number of aryl methyl sites for hydroxylation is 1. The summed E-state index contributed by atoms with van der Waals surface area (Å²) in [5, 5.41) is 3.54. The first-order valence-electron chi connectivity index (χ1n) is 5.72. The van der Waals surface area contributed by atoms with Crippen LogP contribution in [0.3, 0.4) is 0 Å². The molecule has 0 spiro atoms. The Morgan fingerprint density at radius 3 is 2.79 bits per heavy atom. The van der Waals surface area contributed by atoms with Gasteiger partial charge in [-0.15, -0.1) is 0 Å². The van der Waals surface area contributed by atoms with Crippen LogP contribution >= 0.6 is 0 Å². The summed E-state index contributed by atoms with van der Waals surface area (Å²) in [7, 11) is 0. The molecule has 0 amide bonds. The van der Waals surface area contributed by atoms with Gasteiger partial charge in [-0.1, -0.05) is 38.0 Å². The number of hydrogen-bond acceptors (Lipinski definition) is 1. The van der Waals surface area contributed by atoms with Crippen LogP contribution in [0, 0.1) is 5.92 Å². The van der Waals surface area contributed by atoms with Gasteiger partial charge in [0.15, 0.2) is 0 Å². The summed E-state index contributed by atoms with van der Waals surface area (Å²) in [6, 6.07) is 8.62. The minimum atomic E-state index is 1.02. The number of nitrogens with one attached hydrogen (secondary N) is 1. The lowest BCUT2D eigenvalue weighted by molar-refractivity contribution is 0.759. The maximum absolute atomic E-state index is 3.54. The van der Waals surface area contributed by atoms with Gasteiger partial charge < -0.3 is 5.32 Å². The standard InChI is InChI=1S/C13H19N/c1-2-12-5-3-4-6-13(12)14-10-9-11-7-8-11/h3-6,11,14H,2,7-10H2,1H3. The predicted octanol–water partition coefficient (Wildman–Crippen LogP) is 3.46. The second-order valence-corrected chi connectivity index (χ2v) is 4.17. The fraction of sp³-hybridized carbons (Fsp3) is 0.538. The Hall–Kier alpha value is -0.980. The zero-order valence-corrected chi connectivity index (χ0v) is 8.92. The van der Waals surface area contributed by atoms with E-state index in [1.807, 2.05) is 0 Å². The lowest BCUT2D eigenvalue weighted by Gasteiger charge is -2.09. The largest absolute Gasteiger partial charge is 0.385 e. The molecule has 14 heavy (non-hydrogen) atoms. The SMILES string of the molecule is CCc1ccccc1NCCC1CC1. The molecule has 1 aromatic carbocycles. The van der Waals surface area contributed by atoms with Gasteiger partial charge in [0.05, 0.1) is 0 Å². The highest BCUT2D eigenvalue weighted by Gasteiger charge is 2.20. The highest BCUT2D eigenvalue weighted by Crippen LogP contribution is 2.32. The Bertz CT molecular complexity index is 289. The third-order valence-electron chi connectivity index (χ3n) is 2.96. The van der Waals surface area contributed by atoms with E-state index in [1.165, 1.54) is 30.5 Å². The van der Waals surface area contributed by atoms with Gasteiger partial charge in [0.1, 0.15) is 0 Å². The van der Waals surface area contributed by atoms with Crippen molar-refractivity contribution < 1.29 is 0 Å². The molecular weight excluding hydrogens is 170 g/mol. The van der Waals surface area contributed by atoms with Crippen molar-refractivity contribution in [1.29, 1.82) is 0 Å². The normalized spacial score (nSPS) is 15.5. The zero-order chi connectivity index (χ0) is 9.80. The molecule has 1 N–H and O–H groups in total. The van der Waals surface area contributed by atoms with E-state index in [4.69, 9.17) is 0 Å². The van der Waals surface area contributed by atoms with Crippen molar-refractivity contribution in [3.63, 3.8) is 0 Å². The molecule has 0 aliphatic heterocycles. The summed E-state index contributed by atoms with van der Waals surface area (Å²) in [5.41, 5.74) is 2.76. The van der Waals surface area contributed by atoms with Gasteiger partial charge in [0.25, 0.3) is 0 Å². The first kappa shape index (κ1) is 9.57. The van der Waals surface area contributed by atoms with Crippen LogP contribution in [0.5, 0.6) is 0 Å². The van der Waals surface area contributed by atoms with E-state index in [1.54, 1.807) is 0 Å². The zero-order valence-electron chi connectivity index (χ0n) is 8.92. The van der Waals surface area contributed by atoms with Crippen LogP contribution in [-0.4, -0.2) is 6.54 Å². The average Bonchev–Trinajstić information content (AvgIpc) is 3.03. The van der Waals surface area contributed by atoms with Gasteiger partial charge >= 0.3 is 0 Å². The topological polar surface area (TPSA) is 12.0 Å². The van der Waals surface area contributed by atoms with E-state index in [9.17, 15) is 0 Å². The van der Waals surface area contributed by atoms with Crippen molar-refractivity contribution in [2.75, 3.05) is 11.9 Å². The number of benzene rings is 1. The van der Waals surface area contributed by atoms with Gasteiger partial charge in [-0.05, 0) is 30.4 Å². The van der Waals surface area contributed by atoms with Crippen LogP contribution in [0.4, 0.5) is 5.69 Å². The van der Waals surface area contributed by atoms with Crippen LogP contribution < -0.4 is 5.32 Å². The molecule has 76 valence electrons.